The SMILES string of the molecule is CCc1ncnc(-c2ccc(C(=O)N3CCC4(CC3)CN(C)C4)c(Cl)c2)c1-c1ccc(N)nc1. The lowest BCUT2D eigenvalue weighted by Gasteiger charge is -2.52. The number of hydrogen-bond donors (Lipinski definition) is 1. The first-order valence-electron chi connectivity index (χ1n) is 11.7. The molecule has 0 unspecified atom stereocenters. The number of aromatic nitrogens is 3. The maximum absolute atomic E-state index is 13.3. The summed E-state index contributed by atoms with van der Waals surface area (Å²) in [5, 5.41) is 0.434. The zero-order valence-corrected chi connectivity index (χ0v) is 20.3. The normalized spacial score (nSPS) is 17.6. The van der Waals surface area contributed by atoms with Crippen LogP contribution in [0.1, 0.15) is 35.8 Å². The van der Waals surface area contributed by atoms with Gasteiger partial charge in [-0.1, -0.05) is 24.6 Å². The van der Waals surface area contributed by atoms with Gasteiger partial charge in [-0.3, -0.25) is 4.79 Å². The highest BCUT2D eigenvalue weighted by Gasteiger charge is 2.43. The molecule has 0 bridgehead atoms. The van der Waals surface area contributed by atoms with Crippen LogP contribution in [0.25, 0.3) is 22.4 Å². The first kappa shape index (κ1) is 22.7. The van der Waals surface area contributed by atoms with Crippen molar-refractivity contribution in [2.24, 2.45) is 5.41 Å². The van der Waals surface area contributed by atoms with Crippen LogP contribution in [-0.4, -0.2) is 63.9 Å². The van der Waals surface area contributed by atoms with Crippen LogP contribution in [0.3, 0.4) is 0 Å². The first-order chi connectivity index (χ1) is 16.4. The van der Waals surface area contributed by atoms with E-state index in [0.29, 0.717) is 21.8 Å². The quantitative estimate of drug-likeness (QED) is 0.608. The van der Waals surface area contributed by atoms with Gasteiger partial charge < -0.3 is 15.5 Å². The van der Waals surface area contributed by atoms with Crippen molar-refractivity contribution in [3.05, 3.63) is 59.1 Å². The van der Waals surface area contributed by atoms with E-state index in [-0.39, 0.29) is 5.91 Å². The van der Waals surface area contributed by atoms with Gasteiger partial charge in [0.05, 0.1) is 22.0 Å². The van der Waals surface area contributed by atoms with Gasteiger partial charge >= 0.3 is 0 Å². The number of likely N-dealkylation sites (tertiary alicyclic amines) is 2. The summed E-state index contributed by atoms with van der Waals surface area (Å²) >= 11 is 6.67. The summed E-state index contributed by atoms with van der Waals surface area (Å²) in [5.74, 6) is 0.457. The van der Waals surface area contributed by atoms with Gasteiger partial charge in [0.1, 0.15) is 12.1 Å². The lowest BCUT2D eigenvalue weighted by Crippen LogP contribution is -2.59. The number of nitrogen functional groups attached to an aromatic ring is 1. The largest absolute Gasteiger partial charge is 0.384 e. The van der Waals surface area contributed by atoms with Crippen molar-refractivity contribution < 1.29 is 4.79 Å². The third-order valence-corrected chi connectivity index (χ3v) is 7.44. The summed E-state index contributed by atoms with van der Waals surface area (Å²) in [5.41, 5.74) is 11.0. The Bertz CT molecular complexity index is 1210. The summed E-state index contributed by atoms with van der Waals surface area (Å²) in [6, 6.07) is 9.26. The zero-order chi connectivity index (χ0) is 23.9. The monoisotopic (exact) mass is 476 g/mol. The number of halogens is 1. The summed E-state index contributed by atoms with van der Waals surface area (Å²) in [6.45, 7) is 5.89. The summed E-state index contributed by atoms with van der Waals surface area (Å²) < 4.78 is 0. The minimum Gasteiger partial charge on any atom is -0.384 e. The van der Waals surface area contributed by atoms with Crippen molar-refractivity contribution >= 4 is 23.3 Å². The third-order valence-electron chi connectivity index (χ3n) is 7.13. The van der Waals surface area contributed by atoms with E-state index in [1.165, 1.54) is 0 Å². The van der Waals surface area contributed by atoms with E-state index in [1.807, 2.05) is 29.2 Å². The molecule has 3 aromatic rings. The molecule has 5 rings (SSSR count). The highest BCUT2D eigenvalue weighted by molar-refractivity contribution is 6.34. The lowest BCUT2D eigenvalue weighted by molar-refractivity contribution is -0.0268. The number of aryl methyl sites for hydroxylation is 1. The second-order valence-corrected chi connectivity index (χ2v) is 9.94. The molecule has 0 radical (unpaired) electrons. The van der Waals surface area contributed by atoms with E-state index >= 15 is 0 Å². The molecule has 2 aliphatic heterocycles. The van der Waals surface area contributed by atoms with Crippen LogP contribution in [0, 0.1) is 5.41 Å². The van der Waals surface area contributed by atoms with Crippen molar-refractivity contribution in [1.82, 2.24) is 24.8 Å². The maximum Gasteiger partial charge on any atom is 0.255 e. The fraction of sp³-hybridized carbons (Fsp3) is 0.385. The molecule has 0 aliphatic carbocycles. The van der Waals surface area contributed by atoms with Crippen LogP contribution >= 0.6 is 11.6 Å². The molecule has 2 fully saturated rings. The number of amides is 1. The fourth-order valence-electron chi connectivity index (χ4n) is 5.37. The molecule has 176 valence electrons. The highest BCUT2D eigenvalue weighted by atomic mass is 35.5. The Balaban J connectivity index is 1.42. The van der Waals surface area contributed by atoms with Crippen molar-refractivity contribution in [3.8, 4) is 22.4 Å². The molecule has 1 spiro atoms. The number of nitrogens with two attached hydrogens (primary N) is 1. The molecule has 2 aliphatic rings. The van der Waals surface area contributed by atoms with Gasteiger partial charge in [0.15, 0.2) is 0 Å². The Morgan fingerprint density at radius 3 is 2.44 bits per heavy atom. The summed E-state index contributed by atoms with van der Waals surface area (Å²) in [6.07, 6.45) is 6.15. The predicted octanol–water partition coefficient (Wildman–Crippen LogP) is 4.17. The number of hydrogen-bond acceptors (Lipinski definition) is 6. The maximum atomic E-state index is 13.3. The Hall–Kier alpha value is -3.03. The minimum atomic E-state index is -0.000953. The van der Waals surface area contributed by atoms with Crippen LogP contribution < -0.4 is 5.73 Å². The van der Waals surface area contributed by atoms with Crippen LogP contribution in [0.4, 0.5) is 5.82 Å². The number of carbonyl (C=O) groups excluding carboxylic acids is 1. The average Bonchev–Trinajstić information content (AvgIpc) is 2.83. The topological polar surface area (TPSA) is 88.2 Å². The highest BCUT2D eigenvalue weighted by Crippen LogP contribution is 2.40. The molecular formula is C26H29ClN6O. The second-order valence-electron chi connectivity index (χ2n) is 9.53. The smallest absolute Gasteiger partial charge is 0.255 e. The molecule has 8 heteroatoms. The van der Waals surface area contributed by atoms with Gasteiger partial charge in [-0.05, 0) is 56.0 Å². The summed E-state index contributed by atoms with van der Waals surface area (Å²) in [4.78, 5) is 30.8. The van der Waals surface area contributed by atoms with E-state index in [0.717, 1.165) is 73.5 Å². The van der Waals surface area contributed by atoms with E-state index in [1.54, 1.807) is 18.6 Å². The van der Waals surface area contributed by atoms with Crippen molar-refractivity contribution in [3.63, 3.8) is 0 Å². The van der Waals surface area contributed by atoms with Crippen LogP contribution in [0.15, 0.2) is 42.9 Å². The second kappa shape index (κ2) is 8.96. The van der Waals surface area contributed by atoms with Crippen LogP contribution in [-0.2, 0) is 6.42 Å². The molecule has 0 atom stereocenters. The van der Waals surface area contributed by atoms with E-state index < -0.39 is 0 Å². The van der Waals surface area contributed by atoms with E-state index in [4.69, 9.17) is 17.3 Å². The molecule has 2 saturated heterocycles. The fourth-order valence-corrected chi connectivity index (χ4v) is 5.63. The molecule has 0 saturated carbocycles. The Labute approximate surface area is 205 Å². The van der Waals surface area contributed by atoms with Crippen molar-refractivity contribution in [1.29, 1.82) is 0 Å². The number of piperidine rings is 1. The van der Waals surface area contributed by atoms with Gasteiger partial charge in [-0.2, -0.15) is 0 Å². The van der Waals surface area contributed by atoms with E-state index in [2.05, 4.69) is 33.8 Å². The number of rotatable bonds is 4. The third kappa shape index (κ3) is 4.14. The van der Waals surface area contributed by atoms with Gasteiger partial charge in [0.25, 0.3) is 5.91 Å². The molecule has 1 aromatic carbocycles. The molecule has 34 heavy (non-hydrogen) atoms. The van der Waals surface area contributed by atoms with Crippen LogP contribution in [0.5, 0.6) is 0 Å². The summed E-state index contributed by atoms with van der Waals surface area (Å²) in [7, 11) is 2.15. The number of pyridine rings is 1. The van der Waals surface area contributed by atoms with Crippen molar-refractivity contribution in [2.45, 2.75) is 26.2 Å². The molecule has 2 aromatic heterocycles. The number of carbonyl (C=O) groups is 1. The molecular weight excluding hydrogens is 448 g/mol. The molecule has 1 amide bonds. The molecule has 4 heterocycles. The Morgan fingerprint density at radius 2 is 1.82 bits per heavy atom. The number of anilines is 1. The van der Waals surface area contributed by atoms with Gasteiger partial charge in [-0.25, -0.2) is 15.0 Å². The first-order valence-corrected chi connectivity index (χ1v) is 12.1. The molecule has 7 nitrogen and oxygen atoms in total. The minimum absolute atomic E-state index is 0.000953. The Morgan fingerprint density at radius 1 is 1.09 bits per heavy atom. The number of nitrogens with zero attached hydrogens (tertiary/aromatic N) is 5. The van der Waals surface area contributed by atoms with Crippen molar-refractivity contribution in [2.75, 3.05) is 39.0 Å². The standard InChI is InChI=1S/C26H29ClN6O/c1-3-21-23(18-5-7-22(28)29-13-18)24(31-16-30-21)17-4-6-19(20(27)12-17)25(34)33-10-8-26(9-11-33)14-32(2)15-26/h4-7,12-13,16H,3,8-11,14-15H2,1-2H3,(H2,28,29). The zero-order valence-electron chi connectivity index (χ0n) is 19.6. The number of benzene rings is 1. The average molecular weight is 477 g/mol. The van der Waals surface area contributed by atoms with E-state index in [9.17, 15) is 4.79 Å². The van der Waals surface area contributed by atoms with Gasteiger partial charge in [-0.15, -0.1) is 0 Å². The van der Waals surface area contributed by atoms with Gasteiger partial charge in [0, 0.05) is 49.1 Å². The Kier molecular flexibility index (Phi) is 6.00. The van der Waals surface area contributed by atoms with Gasteiger partial charge in [0.2, 0.25) is 0 Å². The lowest BCUT2D eigenvalue weighted by atomic mass is 9.72. The predicted molar refractivity (Wildman–Crippen MR) is 135 cm³/mol. The van der Waals surface area contributed by atoms with Crippen LogP contribution in [0.2, 0.25) is 5.02 Å². The molecule has 2 N–H and O–H groups in total.